The normalized spacial score (nSPS) is 38.3. The van der Waals surface area contributed by atoms with E-state index >= 15 is 0 Å². The molecule has 0 radical (unpaired) electrons. The summed E-state index contributed by atoms with van der Waals surface area (Å²) in [5.41, 5.74) is 1.40. The summed E-state index contributed by atoms with van der Waals surface area (Å²) >= 11 is 0. The van der Waals surface area contributed by atoms with Gasteiger partial charge >= 0.3 is 11.9 Å². The maximum Gasteiger partial charge on any atom is 0.330 e. The lowest BCUT2D eigenvalue weighted by Gasteiger charge is -2.42. The number of hydrogen-bond acceptors (Lipinski definition) is 15. The lowest BCUT2D eigenvalue weighted by molar-refractivity contribution is -0.265. The van der Waals surface area contributed by atoms with Crippen LogP contribution in [-0.2, 0) is 57.3 Å². The van der Waals surface area contributed by atoms with Crippen molar-refractivity contribution >= 4 is 35.2 Å². The van der Waals surface area contributed by atoms with Gasteiger partial charge in [-0.05, 0) is 133 Å². The van der Waals surface area contributed by atoms with Crippen molar-refractivity contribution in [3.8, 4) is 0 Å². The molecule has 73 heavy (non-hydrogen) atoms. The van der Waals surface area contributed by atoms with Crippen LogP contribution in [0.4, 0.5) is 0 Å². The highest BCUT2D eigenvalue weighted by molar-refractivity contribution is 6.39. The van der Waals surface area contributed by atoms with Crippen LogP contribution in [0.2, 0.25) is 0 Å². The summed E-state index contributed by atoms with van der Waals surface area (Å²) in [6.45, 7) is 14.5. The first-order chi connectivity index (χ1) is 34.7. The Morgan fingerprint density at radius 1 is 0.808 bits per heavy atom. The van der Waals surface area contributed by atoms with Crippen LogP contribution in [-0.4, -0.2) is 145 Å². The average Bonchev–Trinajstić information content (AvgIpc) is 3.37. The number of amides is 1. The summed E-state index contributed by atoms with van der Waals surface area (Å²) in [6.07, 6.45) is 11.1. The molecule has 1 aliphatic carbocycles. The van der Waals surface area contributed by atoms with Gasteiger partial charge in [-0.15, -0.1) is 5.06 Å². The molecule has 4 fully saturated rings. The standard InChI is InChI=1S/C57H92N2O14/c1-35-19-13-11-14-20-36(2)47(68-8)33-43-24-22-41(7)57(67,72-43)53(63)54(64)59-28-18-15-21-45(59)56(66)71-48(34-46(60)37(3)30-40(6)51(62)52(70-10)50(61)39(5)29-35)38(4)31-42-23-25-44(49(32-42)69-9)55(65)73-58-26-16-12-17-27-58/h20,30,35,37-39,41-45,47-49,51-52,62,67H,11-19,21-29,31-34H2,1-10H3/b36-20+,40-30+/t35-,37-,38-,39-,41-,42+,43+,44-,45+,47+,48+,49-,51-,52+,57-/m1/s1. The topological polar surface area (TPSA) is 205 Å². The number of piperidine rings is 2. The zero-order chi connectivity index (χ0) is 53.6. The van der Waals surface area contributed by atoms with Gasteiger partial charge in [0.25, 0.3) is 11.7 Å². The second-order valence-electron chi connectivity index (χ2n) is 22.7. The van der Waals surface area contributed by atoms with Crippen LogP contribution < -0.4 is 0 Å². The van der Waals surface area contributed by atoms with Crippen molar-refractivity contribution in [3.05, 3.63) is 23.3 Å². The van der Waals surface area contributed by atoms with Crippen LogP contribution >= 0.6 is 0 Å². The molecular formula is C57H92N2O14. The smallest absolute Gasteiger partial charge is 0.330 e. The molecule has 2 N–H and O–H groups in total. The van der Waals surface area contributed by atoms with E-state index in [0.717, 1.165) is 50.5 Å². The van der Waals surface area contributed by atoms with E-state index in [1.807, 2.05) is 20.8 Å². The molecule has 4 heterocycles. The number of carbonyl (C=O) groups excluding carboxylic acids is 6. The van der Waals surface area contributed by atoms with Crippen molar-refractivity contribution in [1.29, 1.82) is 0 Å². The molecule has 2 bridgehead atoms. The first-order valence-corrected chi connectivity index (χ1v) is 27.8. The fourth-order valence-electron chi connectivity index (χ4n) is 12.1. The zero-order valence-corrected chi connectivity index (χ0v) is 46.0. The molecule has 0 aromatic carbocycles. The summed E-state index contributed by atoms with van der Waals surface area (Å²) in [4.78, 5) is 91.9. The predicted octanol–water partition coefficient (Wildman–Crippen LogP) is 7.83. The maximum atomic E-state index is 14.6. The number of methoxy groups -OCH3 is 3. The van der Waals surface area contributed by atoms with E-state index in [1.165, 1.54) is 12.0 Å². The highest BCUT2D eigenvalue weighted by atomic mass is 16.7. The molecule has 1 saturated carbocycles. The van der Waals surface area contributed by atoms with Gasteiger partial charge in [-0.2, -0.15) is 0 Å². The number of hydroxylamine groups is 2. The molecule has 1 amide bonds. The Morgan fingerprint density at radius 2 is 1.51 bits per heavy atom. The van der Waals surface area contributed by atoms with Gasteiger partial charge in [0, 0.05) is 71.6 Å². The van der Waals surface area contributed by atoms with Gasteiger partial charge < -0.3 is 43.6 Å². The van der Waals surface area contributed by atoms with Crippen LogP contribution in [0.15, 0.2) is 23.3 Å². The molecule has 16 nitrogen and oxygen atoms in total. The second kappa shape index (κ2) is 28.7. The van der Waals surface area contributed by atoms with Gasteiger partial charge in [-0.25, -0.2) is 9.59 Å². The molecule has 0 aromatic heterocycles. The number of rotatable bonds is 8. The Hall–Kier alpha value is -3.38. The lowest BCUT2D eigenvalue weighted by Crippen LogP contribution is -2.61. The van der Waals surface area contributed by atoms with Crippen LogP contribution in [0.25, 0.3) is 0 Å². The number of hydrogen-bond donors (Lipinski definition) is 2. The second-order valence-corrected chi connectivity index (χ2v) is 22.7. The fourth-order valence-corrected chi connectivity index (χ4v) is 12.1. The predicted molar refractivity (Wildman–Crippen MR) is 274 cm³/mol. The lowest BCUT2D eigenvalue weighted by atomic mass is 9.75. The van der Waals surface area contributed by atoms with Crippen molar-refractivity contribution in [1.82, 2.24) is 9.96 Å². The Labute approximate surface area is 435 Å². The van der Waals surface area contributed by atoms with Crippen LogP contribution in [0.1, 0.15) is 170 Å². The Balaban J connectivity index is 1.42. The minimum absolute atomic E-state index is 0.0534. The van der Waals surface area contributed by atoms with Crippen molar-refractivity contribution in [2.24, 2.45) is 41.4 Å². The van der Waals surface area contributed by atoms with E-state index in [9.17, 15) is 39.0 Å². The molecule has 0 spiro atoms. The molecule has 15 atom stereocenters. The van der Waals surface area contributed by atoms with Gasteiger partial charge in [0.1, 0.15) is 30.1 Å². The van der Waals surface area contributed by atoms with Crippen LogP contribution in [0.5, 0.6) is 0 Å². The van der Waals surface area contributed by atoms with Gasteiger partial charge in [-0.1, -0.05) is 66.0 Å². The maximum absolute atomic E-state index is 14.6. The third kappa shape index (κ3) is 16.3. The monoisotopic (exact) mass is 1030 g/mol. The van der Waals surface area contributed by atoms with Crippen molar-refractivity contribution < 1.29 is 67.5 Å². The number of ketones is 3. The number of Topliss-reactive ketones (excluding diaryl/α,β-unsaturated/α-hetero) is 3. The minimum Gasteiger partial charge on any atom is -0.460 e. The Morgan fingerprint density at radius 3 is 2.19 bits per heavy atom. The first kappa shape index (κ1) is 60.5. The summed E-state index contributed by atoms with van der Waals surface area (Å²) in [6, 6.07) is -1.15. The van der Waals surface area contributed by atoms with Crippen LogP contribution in [0.3, 0.4) is 0 Å². The third-order valence-corrected chi connectivity index (χ3v) is 17.0. The number of nitrogens with zero attached hydrogens (tertiary/aromatic N) is 2. The highest BCUT2D eigenvalue weighted by Gasteiger charge is 2.53. The highest BCUT2D eigenvalue weighted by Crippen LogP contribution is 2.39. The summed E-state index contributed by atoms with van der Waals surface area (Å²) in [5.74, 6) is -8.45. The van der Waals surface area contributed by atoms with E-state index in [0.29, 0.717) is 82.9 Å². The third-order valence-electron chi connectivity index (χ3n) is 17.0. The SMILES string of the molecule is CO[C@H]1C[C@@H]2CC[C@@H](C)[C@@](O)(O2)C(=O)C(=O)N2CCCC[C@H]2C(=O)O[C@H]([C@H](C)C[C@@H]2CC[C@@H](C(=O)ON3CCCCC3)[C@H](OC)C2)CC(=O)[C@H](C)/C=C(\C)[C@@H](O)[C@@H](OC)C(=O)[C@H](C)C[C@H](C)CCCC/C=C/1C. The van der Waals surface area contributed by atoms with E-state index in [-0.39, 0.29) is 66.7 Å². The number of allylic oxidation sites excluding steroid dienone is 2. The molecule has 3 saturated heterocycles. The molecule has 5 rings (SSSR count). The van der Waals surface area contributed by atoms with E-state index in [2.05, 4.69) is 13.0 Å². The van der Waals surface area contributed by atoms with Crippen molar-refractivity contribution in [3.63, 3.8) is 0 Å². The fraction of sp³-hybridized carbons (Fsp3) is 0.825. The van der Waals surface area contributed by atoms with Crippen LogP contribution in [0, 0.1) is 41.4 Å². The van der Waals surface area contributed by atoms with E-state index in [4.69, 9.17) is 28.5 Å². The Bertz CT molecular complexity index is 1920. The first-order valence-electron chi connectivity index (χ1n) is 27.8. The molecular weight excluding hydrogens is 937 g/mol. The average molecular weight is 1030 g/mol. The number of aliphatic hydroxyl groups excluding tert-OH is 1. The molecule has 16 heteroatoms. The number of aliphatic hydroxyl groups is 2. The molecule has 0 aromatic rings. The summed E-state index contributed by atoms with van der Waals surface area (Å²) in [7, 11) is 4.61. The van der Waals surface area contributed by atoms with Gasteiger partial charge in [0.05, 0.1) is 24.2 Å². The van der Waals surface area contributed by atoms with Crippen molar-refractivity contribution in [2.45, 2.75) is 219 Å². The number of ether oxygens (including phenoxy) is 5. The van der Waals surface area contributed by atoms with E-state index in [1.54, 1.807) is 46.1 Å². The number of carbonyl (C=O) groups is 6. The van der Waals surface area contributed by atoms with Gasteiger partial charge in [-0.3, -0.25) is 19.2 Å². The zero-order valence-electron chi connectivity index (χ0n) is 46.0. The van der Waals surface area contributed by atoms with E-state index < -0.39 is 77.8 Å². The summed E-state index contributed by atoms with van der Waals surface area (Å²) < 4.78 is 30.0. The Kier molecular flexibility index (Phi) is 23.8. The quantitative estimate of drug-likeness (QED) is 0.135. The molecule has 5 aliphatic rings. The van der Waals surface area contributed by atoms with Gasteiger partial charge in [0.15, 0.2) is 5.78 Å². The molecule has 4 aliphatic heterocycles. The molecule has 0 unspecified atom stereocenters. The number of fused-ring (bicyclic) bond motifs is 3. The van der Waals surface area contributed by atoms with Gasteiger partial charge in [0.2, 0.25) is 5.79 Å². The number of esters is 1. The van der Waals surface area contributed by atoms with Crippen molar-refractivity contribution in [2.75, 3.05) is 41.0 Å². The molecule has 414 valence electrons. The minimum atomic E-state index is -2.42. The summed E-state index contributed by atoms with van der Waals surface area (Å²) in [5, 5.41) is 25.3. The largest absolute Gasteiger partial charge is 0.460 e. The number of cyclic esters (lactones) is 1.